The van der Waals surface area contributed by atoms with Gasteiger partial charge in [-0.1, -0.05) is 120 Å². The molecule has 0 amide bonds. The summed E-state index contributed by atoms with van der Waals surface area (Å²) in [6, 6.07) is 43.4. The van der Waals surface area contributed by atoms with Crippen LogP contribution in [0.15, 0.2) is 232 Å². The van der Waals surface area contributed by atoms with Crippen molar-refractivity contribution in [2.24, 2.45) is 42.3 Å². The average Bonchev–Trinajstić information content (AvgIpc) is 1.70. The van der Waals surface area contributed by atoms with Gasteiger partial charge in [-0.25, -0.2) is 77.6 Å². The second-order valence-electron chi connectivity index (χ2n) is 26.0. The standard InChI is InChI=1S/C23H18F2N4O2.2C21H14F2N4O2.C20H11F2N3O2S/c1-14(2)28-19-13-27(3)26-20(19)22(30)29(23(28)31)21-17(24)11-16(12-18(21)25)10-9-15-7-5-4-6-8-15;1-25-12-17-18(24-25)20(28)27(21(29)26(17)2)19-15(22)10-14(11-16(19)23)9-8-13-6-4-3-5-7-13;1-25-17-12-24-26(2)19(17)20(28)27(21(25)29)18-15(22)10-14(11-16(18)23)9-8-13-6-4-3-5-7-13;1-24-18-17(28-11-23-18)19(26)25(20(24)27)16-14(21)9-13(10-15(16)22)8-7-12-5-3-2-4-6-12/h4-8,11-14H,1-3H3;2*3-7,10-12H,1-2H3;2-6,9-11H,1H3. The minimum Gasteiger partial charge on any atom is -0.293 e. The summed E-state index contributed by atoms with van der Waals surface area (Å²) in [7, 11) is 8.87. The molecule has 0 atom stereocenters. The molecule has 0 unspecified atom stereocenters. The van der Waals surface area contributed by atoms with E-state index in [9.17, 15) is 73.5 Å². The van der Waals surface area contributed by atoms with Gasteiger partial charge < -0.3 is 0 Å². The van der Waals surface area contributed by atoms with Crippen molar-refractivity contribution in [1.29, 1.82) is 0 Å². The highest BCUT2D eigenvalue weighted by molar-refractivity contribution is 7.16. The van der Waals surface area contributed by atoms with E-state index in [1.165, 1.54) is 70.9 Å². The van der Waals surface area contributed by atoms with Crippen molar-refractivity contribution in [2.45, 2.75) is 19.9 Å². The lowest BCUT2D eigenvalue weighted by Gasteiger charge is -2.15. The largest absolute Gasteiger partial charge is 0.337 e. The molecule has 0 aliphatic rings. The number of rotatable bonds is 5. The summed E-state index contributed by atoms with van der Waals surface area (Å²) in [4.78, 5) is 106. The van der Waals surface area contributed by atoms with Gasteiger partial charge in [0.2, 0.25) is 0 Å². The molecule has 0 spiro atoms. The first-order valence-electron chi connectivity index (χ1n) is 34.8. The quantitative estimate of drug-likeness (QED) is 0.115. The number of benzene rings is 8. The molecule has 0 bridgehead atoms. The second kappa shape index (κ2) is 33.0. The monoisotopic (exact) mass is 1600 g/mol. The van der Waals surface area contributed by atoms with Crippen molar-refractivity contribution in [3.63, 3.8) is 0 Å². The maximum atomic E-state index is 15.0. The van der Waals surface area contributed by atoms with Gasteiger partial charge in [0.05, 0.1) is 28.3 Å². The summed E-state index contributed by atoms with van der Waals surface area (Å²) >= 11 is 0.995. The molecule has 16 aromatic rings. The van der Waals surface area contributed by atoms with E-state index in [2.05, 4.69) is 67.6 Å². The van der Waals surface area contributed by atoms with Gasteiger partial charge >= 0.3 is 22.8 Å². The highest BCUT2D eigenvalue weighted by Crippen LogP contribution is 2.25. The van der Waals surface area contributed by atoms with Gasteiger partial charge in [-0.05, 0) is 111 Å². The Morgan fingerprint density at radius 1 is 0.350 bits per heavy atom. The van der Waals surface area contributed by atoms with Gasteiger partial charge in [0.1, 0.15) is 27.4 Å². The SMILES string of the molecule is CC(C)n1c(=O)n(-c2c(F)cc(C#Cc3ccccc3)cc2F)c(=O)c2nn(C)cc21.Cn1c(=O)n(-c2c(F)cc(C#Cc3ccccc3)cc2F)c(=O)c2scnc21.Cn1cc2c(n1)c(=O)n(-c1c(F)cc(C#Cc3ccccc3)cc1F)c(=O)n2C.Cn1ncc2c1c(=O)n(-c1c(F)cc(C#Cc3ccccc3)cc1F)c(=O)n2C. The van der Waals surface area contributed by atoms with E-state index in [1.54, 1.807) is 125 Å². The zero-order valence-corrected chi connectivity index (χ0v) is 63.3. The Bertz CT molecular complexity index is 7430. The van der Waals surface area contributed by atoms with E-state index in [1.807, 2.05) is 24.3 Å². The fraction of sp³-hybridized carbons (Fsp3) is 0.106. The van der Waals surface area contributed by atoms with Gasteiger partial charge in [-0.15, -0.1) is 11.3 Å². The van der Waals surface area contributed by atoms with E-state index in [4.69, 9.17) is 0 Å². The van der Waals surface area contributed by atoms with Crippen LogP contribution in [0.1, 0.15) is 64.4 Å². The Morgan fingerprint density at radius 2 is 0.650 bits per heavy atom. The fourth-order valence-corrected chi connectivity index (χ4v) is 13.0. The molecule has 0 aliphatic heterocycles. The van der Waals surface area contributed by atoms with Crippen molar-refractivity contribution in [2.75, 3.05) is 0 Å². The molecule has 117 heavy (non-hydrogen) atoms. The summed E-state index contributed by atoms with van der Waals surface area (Å²) < 4.78 is 129. The zero-order valence-electron chi connectivity index (χ0n) is 62.5. The molecule has 8 aromatic carbocycles. The van der Waals surface area contributed by atoms with Gasteiger partial charge in [0, 0.05) is 105 Å². The van der Waals surface area contributed by atoms with Gasteiger partial charge in [0.15, 0.2) is 68.7 Å². The van der Waals surface area contributed by atoms with Crippen LogP contribution in [0.25, 0.3) is 66.2 Å². The van der Waals surface area contributed by atoms with Crippen LogP contribution < -0.4 is 45.0 Å². The normalized spacial score (nSPS) is 10.8. The number of nitrogens with zero attached hydrogens (tertiary/aromatic N) is 15. The van der Waals surface area contributed by atoms with Gasteiger partial charge in [-0.2, -0.15) is 15.3 Å². The molecule has 0 aliphatic carbocycles. The maximum Gasteiger partial charge on any atom is 0.337 e. The highest BCUT2D eigenvalue weighted by Gasteiger charge is 2.28. The van der Waals surface area contributed by atoms with Crippen LogP contribution in [0.5, 0.6) is 0 Å². The molecule has 32 heteroatoms. The van der Waals surface area contributed by atoms with Crippen LogP contribution in [0.4, 0.5) is 35.1 Å². The van der Waals surface area contributed by atoms with Crippen LogP contribution in [0, 0.1) is 93.9 Å². The predicted octanol–water partition coefficient (Wildman–Crippen LogP) is 10.2. The smallest absolute Gasteiger partial charge is 0.293 e. The molecular weight excluding hydrogens is 1540 g/mol. The Balaban J connectivity index is 0.000000136. The topological polar surface area (TPSA) is 242 Å². The van der Waals surface area contributed by atoms with E-state index >= 15 is 0 Å². The third-order valence-corrected chi connectivity index (χ3v) is 18.6. The molecule has 23 nitrogen and oxygen atoms in total. The Morgan fingerprint density at radius 3 is 1.01 bits per heavy atom. The maximum absolute atomic E-state index is 15.0. The summed E-state index contributed by atoms with van der Waals surface area (Å²) in [5, 5.41) is 12.0. The number of hydrogen-bond donors (Lipinski definition) is 0. The molecule has 582 valence electrons. The number of halogens is 8. The third kappa shape index (κ3) is 15.9. The molecule has 0 radical (unpaired) electrons. The summed E-state index contributed by atoms with van der Waals surface area (Å²) in [5.74, 6) is 13.4. The van der Waals surface area contributed by atoms with E-state index < -0.39 is 114 Å². The first kappa shape index (κ1) is 79.5. The first-order valence-corrected chi connectivity index (χ1v) is 35.7. The number of fused-ring (bicyclic) bond motifs is 4. The van der Waals surface area contributed by atoms with Crippen LogP contribution in [0.3, 0.4) is 0 Å². The lowest BCUT2D eigenvalue weighted by atomic mass is 10.1. The van der Waals surface area contributed by atoms with Crippen LogP contribution in [-0.4, -0.2) is 70.9 Å². The molecule has 0 N–H and O–H groups in total. The van der Waals surface area contributed by atoms with Crippen molar-refractivity contribution in [3.05, 3.63) is 368 Å². The van der Waals surface area contributed by atoms with E-state index in [0.29, 0.717) is 46.0 Å². The van der Waals surface area contributed by atoms with Crippen molar-refractivity contribution >= 4 is 54.8 Å². The van der Waals surface area contributed by atoms with Crippen molar-refractivity contribution < 1.29 is 35.1 Å². The second-order valence-corrected chi connectivity index (χ2v) is 26.9. The predicted molar refractivity (Wildman–Crippen MR) is 424 cm³/mol. The molecular formula is C85H57F8N15O8S. The van der Waals surface area contributed by atoms with E-state index in [-0.39, 0.29) is 66.2 Å². The number of aromatic nitrogens is 15. The third-order valence-electron chi connectivity index (χ3n) is 17.8. The van der Waals surface area contributed by atoms with Gasteiger partial charge in [0.25, 0.3) is 22.2 Å². The fourth-order valence-electron chi connectivity index (χ4n) is 12.3. The van der Waals surface area contributed by atoms with Crippen molar-refractivity contribution in [3.8, 4) is 70.1 Å². The van der Waals surface area contributed by atoms with Crippen molar-refractivity contribution in [1.82, 2.24) is 70.9 Å². The average molecular weight is 1600 g/mol. The lowest BCUT2D eigenvalue weighted by Crippen LogP contribution is -2.40. The first-order chi connectivity index (χ1) is 56.0. The zero-order chi connectivity index (χ0) is 83.5. The molecule has 0 saturated heterocycles. The lowest BCUT2D eigenvalue weighted by molar-refractivity contribution is 0.536. The van der Waals surface area contributed by atoms with Crippen LogP contribution in [0.2, 0.25) is 0 Å². The van der Waals surface area contributed by atoms with Gasteiger partial charge in [-0.3, -0.25) is 51.5 Å². The summed E-state index contributed by atoms with van der Waals surface area (Å²) in [5.41, 5.74) is -4.53. The molecule has 0 fully saturated rings. The number of hydrogen-bond acceptors (Lipinski definition) is 13. The number of thiazole rings is 1. The minimum atomic E-state index is -1.07. The molecule has 16 rings (SSSR count). The van der Waals surface area contributed by atoms with E-state index in [0.717, 1.165) is 73.6 Å². The number of aryl methyl sites for hydroxylation is 6. The van der Waals surface area contributed by atoms with Crippen LogP contribution >= 0.6 is 11.3 Å². The minimum absolute atomic E-state index is 0.0532. The highest BCUT2D eigenvalue weighted by atomic mass is 32.1. The Hall–Kier alpha value is -15.5. The summed E-state index contributed by atoms with van der Waals surface area (Å²) in [6.07, 6.45) is 4.35. The summed E-state index contributed by atoms with van der Waals surface area (Å²) in [6.45, 7) is 3.47. The molecule has 0 saturated carbocycles. The molecule has 8 heterocycles. The Kier molecular flexibility index (Phi) is 22.5. The molecule has 8 aromatic heterocycles. The van der Waals surface area contributed by atoms with Crippen LogP contribution in [-0.2, 0) is 42.3 Å². The Labute approximate surface area is 658 Å².